The molecule has 0 heterocycles. The van der Waals surface area contributed by atoms with Gasteiger partial charge in [-0.3, -0.25) is 4.79 Å². The number of carboxylic acids is 1. The number of hydrogen-bond acceptors (Lipinski definition) is 4. The summed E-state index contributed by atoms with van der Waals surface area (Å²) in [6, 6.07) is 13.5. The molecule has 0 aromatic heterocycles. The van der Waals surface area contributed by atoms with Crippen LogP contribution in [0.5, 0.6) is 11.5 Å². The number of nitrogens with zero attached hydrogens (tertiary/aromatic N) is 1. The summed E-state index contributed by atoms with van der Waals surface area (Å²) in [6.45, 7) is 0. The van der Waals surface area contributed by atoms with Crippen molar-refractivity contribution in [1.29, 1.82) is 0 Å². The van der Waals surface area contributed by atoms with E-state index in [0.717, 1.165) is 5.56 Å². The SMILES string of the molecule is COc1cccc(OC)c1CC(=O)N(C)C(Cc1ccccc1)C(=O)O. The van der Waals surface area contributed by atoms with Crippen molar-refractivity contribution in [3.05, 3.63) is 59.7 Å². The third-order valence-corrected chi connectivity index (χ3v) is 4.28. The van der Waals surface area contributed by atoms with E-state index in [1.165, 1.54) is 26.2 Å². The molecule has 26 heavy (non-hydrogen) atoms. The fourth-order valence-electron chi connectivity index (χ4n) is 2.78. The Hall–Kier alpha value is -3.02. The molecule has 2 rings (SSSR count). The Morgan fingerprint density at radius 3 is 2.08 bits per heavy atom. The second-order valence-corrected chi connectivity index (χ2v) is 5.87. The van der Waals surface area contributed by atoms with Gasteiger partial charge in [-0.25, -0.2) is 4.79 Å². The molecule has 1 amide bonds. The molecule has 0 spiro atoms. The molecule has 138 valence electrons. The zero-order chi connectivity index (χ0) is 19.1. The van der Waals surface area contributed by atoms with Gasteiger partial charge in [-0.15, -0.1) is 0 Å². The van der Waals surface area contributed by atoms with Gasteiger partial charge >= 0.3 is 5.97 Å². The van der Waals surface area contributed by atoms with Crippen molar-refractivity contribution in [1.82, 2.24) is 4.90 Å². The van der Waals surface area contributed by atoms with Crippen LogP contribution in [0.15, 0.2) is 48.5 Å². The first kappa shape index (κ1) is 19.3. The molecule has 0 aliphatic rings. The number of likely N-dealkylation sites (N-methyl/N-ethyl adjacent to an activating group) is 1. The smallest absolute Gasteiger partial charge is 0.326 e. The number of hydrogen-bond donors (Lipinski definition) is 1. The molecule has 0 saturated heterocycles. The lowest BCUT2D eigenvalue weighted by Crippen LogP contribution is -2.44. The van der Waals surface area contributed by atoms with Crippen molar-refractivity contribution in [2.24, 2.45) is 0 Å². The number of carbonyl (C=O) groups is 2. The highest BCUT2D eigenvalue weighted by molar-refractivity contribution is 5.85. The summed E-state index contributed by atoms with van der Waals surface area (Å²) in [4.78, 5) is 25.7. The van der Waals surface area contributed by atoms with E-state index in [1.807, 2.05) is 30.3 Å². The van der Waals surface area contributed by atoms with Crippen LogP contribution in [0.2, 0.25) is 0 Å². The van der Waals surface area contributed by atoms with E-state index in [-0.39, 0.29) is 18.7 Å². The highest BCUT2D eigenvalue weighted by atomic mass is 16.5. The average molecular weight is 357 g/mol. The van der Waals surface area contributed by atoms with E-state index in [4.69, 9.17) is 9.47 Å². The van der Waals surface area contributed by atoms with Crippen LogP contribution in [0.1, 0.15) is 11.1 Å². The van der Waals surface area contributed by atoms with Crippen molar-refractivity contribution in [3.63, 3.8) is 0 Å². The predicted molar refractivity (Wildman–Crippen MR) is 97.6 cm³/mol. The zero-order valence-electron chi connectivity index (χ0n) is 15.1. The van der Waals surface area contributed by atoms with Gasteiger partial charge in [0.05, 0.1) is 20.6 Å². The first-order valence-corrected chi connectivity index (χ1v) is 8.20. The van der Waals surface area contributed by atoms with Crippen molar-refractivity contribution in [3.8, 4) is 11.5 Å². The minimum absolute atomic E-state index is 0.0117. The molecule has 1 N–H and O–H groups in total. The summed E-state index contributed by atoms with van der Waals surface area (Å²) in [5.41, 5.74) is 1.45. The van der Waals surface area contributed by atoms with Crippen molar-refractivity contribution >= 4 is 11.9 Å². The Morgan fingerprint density at radius 1 is 1.00 bits per heavy atom. The van der Waals surface area contributed by atoms with E-state index in [1.54, 1.807) is 18.2 Å². The molecule has 2 aromatic carbocycles. The fraction of sp³-hybridized carbons (Fsp3) is 0.300. The van der Waals surface area contributed by atoms with Crippen LogP contribution in [-0.4, -0.2) is 49.2 Å². The van der Waals surface area contributed by atoms with Crippen LogP contribution in [0.4, 0.5) is 0 Å². The number of carbonyl (C=O) groups excluding carboxylic acids is 1. The molecule has 0 aliphatic carbocycles. The van der Waals surface area contributed by atoms with E-state index < -0.39 is 12.0 Å². The molecule has 2 aromatic rings. The van der Waals surface area contributed by atoms with Crippen molar-refractivity contribution in [2.45, 2.75) is 18.9 Å². The Bertz CT molecular complexity index is 738. The van der Waals surface area contributed by atoms with Crippen LogP contribution < -0.4 is 9.47 Å². The van der Waals surface area contributed by atoms with Gasteiger partial charge in [-0.2, -0.15) is 0 Å². The van der Waals surface area contributed by atoms with Crippen LogP contribution >= 0.6 is 0 Å². The molecule has 1 atom stereocenters. The molecular weight excluding hydrogens is 334 g/mol. The van der Waals surface area contributed by atoms with Crippen LogP contribution in [-0.2, 0) is 22.4 Å². The maximum absolute atomic E-state index is 12.7. The van der Waals surface area contributed by atoms with E-state index in [9.17, 15) is 14.7 Å². The molecular formula is C20H23NO5. The quantitative estimate of drug-likeness (QED) is 0.785. The largest absolute Gasteiger partial charge is 0.496 e. The summed E-state index contributed by atoms with van der Waals surface area (Å²) >= 11 is 0. The number of rotatable bonds is 8. The number of amides is 1. The predicted octanol–water partition coefficient (Wildman–Crippen LogP) is 2.40. The number of benzene rings is 2. The molecule has 0 bridgehead atoms. The number of carboxylic acid groups (broad SMARTS) is 1. The highest BCUT2D eigenvalue weighted by Gasteiger charge is 2.28. The first-order chi connectivity index (χ1) is 12.5. The molecule has 0 radical (unpaired) electrons. The van der Waals surface area contributed by atoms with Crippen LogP contribution in [0, 0.1) is 0 Å². The zero-order valence-corrected chi connectivity index (χ0v) is 15.1. The van der Waals surface area contributed by atoms with Gasteiger partial charge in [0.15, 0.2) is 0 Å². The molecule has 0 aliphatic heterocycles. The summed E-state index contributed by atoms with van der Waals surface area (Å²) in [6.07, 6.45) is 0.226. The number of ether oxygens (including phenoxy) is 2. The lowest BCUT2D eigenvalue weighted by molar-refractivity contribution is -0.148. The summed E-state index contributed by atoms with van der Waals surface area (Å²) in [5, 5.41) is 9.58. The normalized spacial score (nSPS) is 11.5. The molecule has 0 saturated carbocycles. The van der Waals surface area contributed by atoms with Gasteiger partial charge in [0.25, 0.3) is 0 Å². The summed E-state index contributed by atoms with van der Waals surface area (Å²) in [5.74, 6) is -0.310. The van der Waals surface area contributed by atoms with Gasteiger partial charge in [0.1, 0.15) is 17.5 Å². The minimum atomic E-state index is -1.04. The van der Waals surface area contributed by atoms with Gasteiger partial charge in [0, 0.05) is 19.0 Å². The Balaban J connectivity index is 2.21. The lowest BCUT2D eigenvalue weighted by atomic mass is 10.0. The van der Waals surface area contributed by atoms with E-state index in [0.29, 0.717) is 17.1 Å². The van der Waals surface area contributed by atoms with Crippen LogP contribution in [0.3, 0.4) is 0 Å². The van der Waals surface area contributed by atoms with Gasteiger partial charge in [-0.1, -0.05) is 36.4 Å². The molecule has 6 nitrogen and oxygen atoms in total. The maximum Gasteiger partial charge on any atom is 0.326 e. The first-order valence-electron chi connectivity index (χ1n) is 8.20. The van der Waals surface area contributed by atoms with Crippen molar-refractivity contribution < 1.29 is 24.2 Å². The van der Waals surface area contributed by atoms with Crippen LogP contribution in [0.25, 0.3) is 0 Å². The average Bonchev–Trinajstić information content (AvgIpc) is 2.66. The summed E-state index contributed by atoms with van der Waals surface area (Å²) in [7, 11) is 4.54. The number of methoxy groups -OCH3 is 2. The van der Waals surface area contributed by atoms with Gasteiger partial charge in [0.2, 0.25) is 5.91 Å². The Labute approximate surface area is 153 Å². The van der Waals surface area contributed by atoms with E-state index in [2.05, 4.69) is 0 Å². The topological polar surface area (TPSA) is 76.1 Å². The number of aliphatic carboxylic acids is 1. The van der Waals surface area contributed by atoms with Gasteiger partial charge < -0.3 is 19.5 Å². The van der Waals surface area contributed by atoms with Crippen molar-refractivity contribution in [2.75, 3.05) is 21.3 Å². The molecule has 6 heteroatoms. The third kappa shape index (κ3) is 4.53. The monoisotopic (exact) mass is 357 g/mol. The lowest BCUT2D eigenvalue weighted by Gasteiger charge is -2.25. The minimum Gasteiger partial charge on any atom is -0.496 e. The molecule has 0 fully saturated rings. The maximum atomic E-state index is 12.7. The standard InChI is InChI=1S/C20H23NO5/c1-21(16(20(23)24)12-14-8-5-4-6-9-14)19(22)13-15-17(25-2)10-7-11-18(15)26-3/h4-11,16H,12-13H2,1-3H3,(H,23,24). The van der Waals surface area contributed by atoms with Gasteiger partial charge in [-0.05, 0) is 17.7 Å². The fourth-order valence-corrected chi connectivity index (χ4v) is 2.78. The second-order valence-electron chi connectivity index (χ2n) is 5.87. The second kappa shape index (κ2) is 8.89. The van der Waals surface area contributed by atoms with E-state index >= 15 is 0 Å². The highest BCUT2D eigenvalue weighted by Crippen LogP contribution is 2.29. The third-order valence-electron chi connectivity index (χ3n) is 4.28. The summed E-state index contributed by atoms with van der Waals surface area (Å²) < 4.78 is 10.6. The Morgan fingerprint density at radius 2 is 1.58 bits per heavy atom. The Kier molecular flexibility index (Phi) is 6.60. The molecule has 1 unspecified atom stereocenters.